The minimum Gasteiger partial charge on any atom is -0.444 e. The summed E-state index contributed by atoms with van der Waals surface area (Å²) in [6.45, 7) is 6.41. The molecular formula is C16H24N2O4S. The molecular weight excluding hydrogens is 316 g/mol. The standard InChI is InChI=1S/C16H24N2O4S/c1-16(2,3)22-15(19)18-9-7-13(10-18)11-23(20,21)12-14-6-4-5-8-17-14/h4-6,8,13H,7,9-12H2,1-3H3. The summed E-state index contributed by atoms with van der Waals surface area (Å²) in [6.07, 6.45) is 1.90. The van der Waals surface area contributed by atoms with Crippen molar-refractivity contribution in [1.29, 1.82) is 0 Å². The molecule has 0 bridgehead atoms. The number of hydrogen-bond acceptors (Lipinski definition) is 5. The number of aromatic nitrogens is 1. The Morgan fingerprint density at radius 2 is 2.13 bits per heavy atom. The zero-order valence-electron chi connectivity index (χ0n) is 13.9. The summed E-state index contributed by atoms with van der Waals surface area (Å²) in [5, 5.41) is 0. The van der Waals surface area contributed by atoms with Crippen LogP contribution >= 0.6 is 0 Å². The van der Waals surface area contributed by atoms with Crippen LogP contribution in [0.2, 0.25) is 0 Å². The Bertz CT molecular complexity index is 638. The lowest BCUT2D eigenvalue weighted by Crippen LogP contribution is -2.35. The molecule has 7 heteroatoms. The van der Waals surface area contributed by atoms with Gasteiger partial charge in [0, 0.05) is 19.3 Å². The van der Waals surface area contributed by atoms with Crippen LogP contribution in [0.4, 0.5) is 4.79 Å². The predicted octanol–water partition coefficient (Wildman–Crippen LogP) is 2.25. The molecule has 0 aromatic carbocycles. The van der Waals surface area contributed by atoms with Crippen LogP contribution < -0.4 is 0 Å². The van der Waals surface area contributed by atoms with E-state index in [1.807, 2.05) is 20.8 Å². The summed E-state index contributed by atoms with van der Waals surface area (Å²) < 4.78 is 29.9. The highest BCUT2D eigenvalue weighted by Crippen LogP contribution is 2.21. The number of carbonyl (C=O) groups is 1. The fourth-order valence-electron chi connectivity index (χ4n) is 2.59. The van der Waals surface area contributed by atoms with Gasteiger partial charge in [0.2, 0.25) is 0 Å². The topological polar surface area (TPSA) is 76.6 Å². The molecule has 1 saturated heterocycles. The van der Waals surface area contributed by atoms with Gasteiger partial charge in [0.1, 0.15) is 5.60 Å². The van der Waals surface area contributed by atoms with Crippen molar-refractivity contribution in [3.8, 4) is 0 Å². The number of rotatable bonds is 4. The van der Waals surface area contributed by atoms with Crippen LogP contribution in [0.15, 0.2) is 24.4 Å². The van der Waals surface area contributed by atoms with Crippen molar-refractivity contribution in [2.45, 2.75) is 38.5 Å². The minimum absolute atomic E-state index is 0.0452. The van der Waals surface area contributed by atoms with Crippen LogP contribution in [0.3, 0.4) is 0 Å². The van der Waals surface area contributed by atoms with E-state index in [0.717, 1.165) is 0 Å². The van der Waals surface area contributed by atoms with Gasteiger partial charge < -0.3 is 9.64 Å². The summed E-state index contributed by atoms with van der Waals surface area (Å²) in [5.41, 5.74) is 0.00902. The average Bonchev–Trinajstić information content (AvgIpc) is 2.85. The van der Waals surface area contributed by atoms with Crippen LogP contribution in [-0.2, 0) is 20.3 Å². The van der Waals surface area contributed by atoms with E-state index in [9.17, 15) is 13.2 Å². The molecule has 6 nitrogen and oxygen atoms in total. The van der Waals surface area contributed by atoms with Crippen molar-refractivity contribution in [3.63, 3.8) is 0 Å². The lowest BCUT2D eigenvalue weighted by Gasteiger charge is -2.24. The summed E-state index contributed by atoms with van der Waals surface area (Å²) in [6, 6.07) is 5.24. The maximum Gasteiger partial charge on any atom is 0.410 e. The molecule has 0 spiro atoms. The first-order valence-electron chi connectivity index (χ1n) is 7.73. The number of nitrogens with zero attached hydrogens (tertiary/aromatic N) is 2. The molecule has 23 heavy (non-hydrogen) atoms. The number of ether oxygens (including phenoxy) is 1. The summed E-state index contributed by atoms with van der Waals surface area (Å²) in [5.74, 6) is -0.0316. The first kappa shape index (κ1) is 17.7. The van der Waals surface area contributed by atoms with Crippen molar-refractivity contribution in [2.75, 3.05) is 18.8 Å². The van der Waals surface area contributed by atoms with Gasteiger partial charge in [-0.2, -0.15) is 0 Å². The third-order valence-electron chi connectivity index (χ3n) is 3.52. The Balaban J connectivity index is 1.88. The van der Waals surface area contributed by atoms with Crippen LogP contribution in [0, 0.1) is 5.92 Å². The normalized spacial score (nSPS) is 18.9. The van der Waals surface area contributed by atoms with Crippen LogP contribution in [0.1, 0.15) is 32.9 Å². The van der Waals surface area contributed by atoms with Crippen molar-refractivity contribution in [3.05, 3.63) is 30.1 Å². The van der Waals surface area contributed by atoms with Gasteiger partial charge in [0.05, 0.1) is 17.2 Å². The maximum atomic E-state index is 12.3. The lowest BCUT2D eigenvalue weighted by atomic mass is 10.2. The molecule has 1 fully saturated rings. The molecule has 1 unspecified atom stereocenters. The van der Waals surface area contributed by atoms with Crippen molar-refractivity contribution < 1.29 is 17.9 Å². The molecule has 1 atom stereocenters. The SMILES string of the molecule is CC(C)(C)OC(=O)N1CCC(CS(=O)(=O)Cc2ccccn2)C1. The highest BCUT2D eigenvalue weighted by molar-refractivity contribution is 7.90. The number of amides is 1. The van der Waals surface area contributed by atoms with Crippen molar-refractivity contribution in [1.82, 2.24) is 9.88 Å². The molecule has 0 radical (unpaired) electrons. The first-order chi connectivity index (χ1) is 10.6. The highest BCUT2D eigenvalue weighted by atomic mass is 32.2. The van der Waals surface area contributed by atoms with Crippen LogP contribution in [-0.4, -0.2) is 48.8 Å². The zero-order chi connectivity index (χ0) is 17.1. The van der Waals surface area contributed by atoms with E-state index >= 15 is 0 Å². The van der Waals surface area contributed by atoms with E-state index in [1.165, 1.54) is 0 Å². The number of hydrogen-bond donors (Lipinski definition) is 0. The number of pyridine rings is 1. The fourth-order valence-corrected chi connectivity index (χ4v) is 4.32. The smallest absolute Gasteiger partial charge is 0.410 e. The number of carbonyl (C=O) groups excluding carboxylic acids is 1. The van der Waals surface area contributed by atoms with Crippen LogP contribution in [0.5, 0.6) is 0 Å². The van der Waals surface area contributed by atoms with Gasteiger partial charge in [-0.3, -0.25) is 4.98 Å². The van der Waals surface area contributed by atoms with Gasteiger partial charge in [0.15, 0.2) is 9.84 Å². The fraction of sp³-hybridized carbons (Fsp3) is 0.625. The molecule has 1 aliphatic rings. The second kappa shape index (κ2) is 6.86. The summed E-state index contributed by atoms with van der Waals surface area (Å²) >= 11 is 0. The van der Waals surface area contributed by atoms with Gasteiger partial charge >= 0.3 is 6.09 Å². The molecule has 128 valence electrons. The third-order valence-corrected chi connectivity index (χ3v) is 5.24. The lowest BCUT2D eigenvalue weighted by molar-refractivity contribution is 0.0289. The molecule has 2 heterocycles. The molecule has 0 saturated carbocycles. The second-order valence-electron chi connectivity index (χ2n) is 6.96. The monoisotopic (exact) mass is 340 g/mol. The quantitative estimate of drug-likeness (QED) is 0.840. The second-order valence-corrected chi connectivity index (χ2v) is 9.07. The summed E-state index contributed by atoms with van der Waals surface area (Å²) in [7, 11) is -3.24. The van der Waals surface area contributed by atoms with Crippen molar-refractivity contribution >= 4 is 15.9 Å². The molecule has 1 aromatic rings. The summed E-state index contributed by atoms with van der Waals surface area (Å²) in [4.78, 5) is 17.7. The number of sulfone groups is 1. The van der Waals surface area contributed by atoms with Crippen molar-refractivity contribution in [2.24, 2.45) is 5.92 Å². The Hall–Kier alpha value is -1.63. The van der Waals surface area contributed by atoms with Gasteiger partial charge in [-0.05, 0) is 45.2 Å². The van der Waals surface area contributed by atoms with Gasteiger partial charge in [-0.1, -0.05) is 6.07 Å². The van der Waals surface area contributed by atoms with Gasteiger partial charge in [0.25, 0.3) is 0 Å². The van der Waals surface area contributed by atoms with E-state index in [4.69, 9.17) is 4.74 Å². The Labute approximate surface area is 137 Å². The predicted molar refractivity (Wildman–Crippen MR) is 87.6 cm³/mol. The van der Waals surface area contributed by atoms with Crippen LogP contribution in [0.25, 0.3) is 0 Å². The van der Waals surface area contributed by atoms with Gasteiger partial charge in [-0.25, -0.2) is 13.2 Å². The number of likely N-dealkylation sites (tertiary alicyclic amines) is 1. The molecule has 1 aromatic heterocycles. The largest absolute Gasteiger partial charge is 0.444 e. The minimum atomic E-state index is -3.24. The van der Waals surface area contributed by atoms with E-state index in [1.54, 1.807) is 29.3 Å². The Morgan fingerprint density at radius 3 is 2.74 bits per heavy atom. The maximum absolute atomic E-state index is 12.3. The Morgan fingerprint density at radius 1 is 1.39 bits per heavy atom. The highest BCUT2D eigenvalue weighted by Gasteiger charge is 2.32. The molecule has 2 rings (SSSR count). The third kappa shape index (κ3) is 5.82. The van der Waals surface area contributed by atoms with E-state index in [-0.39, 0.29) is 23.5 Å². The van der Waals surface area contributed by atoms with E-state index < -0.39 is 15.4 Å². The molecule has 0 aliphatic carbocycles. The Kier molecular flexibility index (Phi) is 5.29. The molecule has 0 N–H and O–H groups in total. The average molecular weight is 340 g/mol. The molecule has 1 aliphatic heterocycles. The molecule has 1 amide bonds. The van der Waals surface area contributed by atoms with E-state index in [2.05, 4.69) is 4.98 Å². The van der Waals surface area contributed by atoms with E-state index in [0.29, 0.717) is 25.2 Å². The van der Waals surface area contributed by atoms with Gasteiger partial charge in [-0.15, -0.1) is 0 Å². The zero-order valence-corrected chi connectivity index (χ0v) is 14.7. The first-order valence-corrected chi connectivity index (χ1v) is 9.55.